The summed E-state index contributed by atoms with van der Waals surface area (Å²) in [7, 11) is 0. The van der Waals surface area contributed by atoms with Gasteiger partial charge in [-0.05, 0) is 66.3 Å². The molecule has 2 aliphatic rings. The number of benzene rings is 3. The fraction of sp³-hybridized carbons (Fsp3) is 0.308. The van der Waals surface area contributed by atoms with Crippen molar-refractivity contribution in [2.75, 3.05) is 19.8 Å². The second-order valence-electron chi connectivity index (χ2n) is 7.87. The lowest BCUT2D eigenvalue weighted by atomic mass is 9.88. The molecule has 0 spiro atoms. The third kappa shape index (κ3) is 3.20. The van der Waals surface area contributed by atoms with E-state index in [-0.39, 0.29) is 0 Å². The summed E-state index contributed by atoms with van der Waals surface area (Å²) >= 11 is 0. The summed E-state index contributed by atoms with van der Waals surface area (Å²) < 4.78 is 11.8. The Bertz CT molecular complexity index is 1060. The van der Waals surface area contributed by atoms with Crippen molar-refractivity contribution in [3.8, 4) is 22.6 Å². The molecule has 1 aliphatic heterocycles. The van der Waals surface area contributed by atoms with Gasteiger partial charge in [-0.25, -0.2) is 0 Å². The normalized spacial score (nSPS) is 16.7. The van der Waals surface area contributed by atoms with Crippen molar-refractivity contribution in [3.63, 3.8) is 0 Å². The number of quaternary nitrogens is 1. The lowest BCUT2D eigenvalue weighted by Gasteiger charge is -2.26. The van der Waals surface area contributed by atoms with Crippen molar-refractivity contribution < 1.29 is 14.8 Å². The SMILES string of the molecule is CCOc1cc2c(cc1OCC)[C@@H](c1ccc3c(c1)Cc1ccccc1-3)[NH2+]CC2. The van der Waals surface area contributed by atoms with Crippen molar-refractivity contribution in [3.05, 3.63) is 82.4 Å². The van der Waals surface area contributed by atoms with Gasteiger partial charge in [0.25, 0.3) is 0 Å². The molecule has 1 aliphatic carbocycles. The smallest absolute Gasteiger partial charge is 0.161 e. The van der Waals surface area contributed by atoms with Crippen molar-refractivity contribution in [1.29, 1.82) is 0 Å². The van der Waals surface area contributed by atoms with Crippen LogP contribution < -0.4 is 14.8 Å². The topological polar surface area (TPSA) is 35.1 Å². The molecule has 3 nitrogen and oxygen atoms in total. The van der Waals surface area contributed by atoms with Crippen LogP contribution in [-0.2, 0) is 12.8 Å². The molecule has 0 saturated carbocycles. The number of hydrogen-bond acceptors (Lipinski definition) is 2. The van der Waals surface area contributed by atoms with Gasteiger partial charge in [0, 0.05) is 17.5 Å². The van der Waals surface area contributed by atoms with Crippen LogP contribution in [0.15, 0.2) is 54.6 Å². The molecule has 0 fully saturated rings. The fourth-order valence-corrected chi connectivity index (χ4v) is 4.87. The van der Waals surface area contributed by atoms with Gasteiger partial charge in [-0.1, -0.05) is 36.4 Å². The van der Waals surface area contributed by atoms with E-state index < -0.39 is 0 Å². The Morgan fingerprint density at radius 3 is 2.41 bits per heavy atom. The second kappa shape index (κ2) is 7.57. The van der Waals surface area contributed by atoms with E-state index in [1.807, 2.05) is 13.8 Å². The lowest BCUT2D eigenvalue weighted by Crippen LogP contribution is -2.87. The minimum Gasteiger partial charge on any atom is -0.490 e. The summed E-state index contributed by atoms with van der Waals surface area (Å²) in [6.45, 7) is 6.43. The van der Waals surface area contributed by atoms with Crippen LogP contribution in [0.4, 0.5) is 0 Å². The van der Waals surface area contributed by atoms with E-state index in [1.165, 1.54) is 38.9 Å². The van der Waals surface area contributed by atoms with Crippen LogP contribution >= 0.6 is 0 Å². The maximum atomic E-state index is 5.92. The highest BCUT2D eigenvalue weighted by Gasteiger charge is 2.29. The first-order valence-electron chi connectivity index (χ1n) is 10.7. The molecule has 5 rings (SSSR count). The minimum absolute atomic E-state index is 0.308. The van der Waals surface area contributed by atoms with Crippen LogP contribution in [0.5, 0.6) is 11.5 Å². The largest absolute Gasteiger partial charge is 0.490 e. The van der Waals surface area contributed by atoms with E-state index in [1.54, 1.807) is 0 Å². The quantitative estimate of drug-likeness (QED) is 0.556. The molecule has 2 N–H and O–H groups in total. The highest BCUT2D eigenvalue weighted by atomic mass is 16.5. The molecule has 3 heteroatoms. The van der Waals surface area contributed by atoms with Crippen molar-refractivity contribution in [2.24, 2.45) is 0 Å². The van der Waals surface area contributed by atoms with E-state index in [4.69, 9.17) is 9.47 Å². The molecule has 0 saturated heterocycles. The number of rotatable bonds is 5. The molecular weight excluding hydrogens is 358 g/mol. The van der Waals surface area contributed by atoms with Crippen molar-refractivity contribution >= 4 is 0 Å². The van der Waals surface area contributed by atoms with E-state index in [2.05, 4.69) is 59.9 Å². The van der Waals surface area contributed by atoms with Gasteiger partial charge in [0.1, 0.15) is 6.04 Å². The van der Waals surface area contributed by atoms with E-state index in [0.29, 0.717) is 19.3 Å². The Morgan fingerprint density at radius 2 is 1.59 bits per heavy atom. The van der Waals surface area contributed by atoms with E-state index in [0.717, 1.165) is 30.9 Å². The summed E-state index contributed by atoms with van der Waals surface area (Å²) in [6, 6.07) is 20.5. The zero-order chi connectivity index (χ0) is 19.8. The lowest BCUT2D eigenvalue weighted by molar-refractivity contribution is -0.690. The molecule has 29 heavy (non-hydrogen) atoms. The van der Waals surface area contributed by atoms with Gasteiger partial charge in [0.2, 0.25) is 0 Å². The zero-order valence-corrected chi connectivity index (χ0v) is 17.2. The van der Waals surface area contributed by atoms with Gasteiger partial charge in [-0.3, -0.25) is 0 Å². The van der Waals surface area contributed by atoms with Crippen molar-refractivity contribution in [2.45, 2.75) is 32.7 Å². The Kier molecular flexibility index (Phi) is 4.76. The van der Waals surface area contributed by atoms with E-state index >= 15 is 0 Å². The summed E-state index contributed by atoms with van der Waals surface area (Å²) in [6.07, 6.45) is 2.10. The third-order valence-electron chi connectivity index (χ3n) is 6.13. The first-order chi connectivity index (χ1) is 14.3. The molecule has 3 aromatic carbocycles. The molecule has 0 unspecified atom stereocenters. The molecule has 0 radical (unpaired) electrons. The highest BCUT2D eigenvalue weighted by Crippen LogP contribution is 2.40. The Balaban J connectivity index is 1.54. The van der Waals surface area contributed by atoms with Crippen LogP contribution in [-0.4, -0.2) is 19.8 Å². The van der Waals surface area contributed by atoms with Gasteiger partial charge >= 0.3 is 0 Å². The highest BCUT2D eigenvalue weighted by molar-refractivity contribution is 5.77. The van der Waals surface area contributed by atoms with Gasteiger partial charge in [0.15, 0.2) is 11.5 Å². The second-order valence-corrected chi connectivity index (χ2v) is 7.87. The Hall–Kier alpha value is -2.78. The predicted octanol–water partition coefficient (Wildman–Crippen LogP) is 4.26. The maximum absolute atomic E-state index is 5.92. The van der Waals surface area contributed by atoms with Crippen LogP contribution in [0.2, 0.25) is 0 Å². The van der Waals surface area contributed by atoms with Crippen LogP contribution in [0, 0.1) is 0 Å². The van der Waals surface area contributed by atoms with Crippen molar-refractivity contribution in [1.82, 2.24) is 0 Å². The first kappa shape index (κ1) is 18.3. The van der Waals surface area contributed by atoms with Gasteiger partial charge in [-0.2, -0.15) is 0 Å². The Morgan fingerprint density at radius 1 is 0.828 bits per heavy atom. The number of fused-ring (bicyclic) bond motifs is 4. The molecule has 1 atom stereocenters. The molecule has 1 heterocycles. The van der Waals surface area contributed by atoms with Gasteiger partial charge in [-0.15, -0.1) is 0 Å². The monoisotopic (exact) mass is 386 g/mol. The van der Waals surface area contributed by atoms with E-state index in [9.17, 15) is 0 Å². The molecular formula is C26H28NO2+. The van der Waals surface area contributed by atoms with Crippen LogP contribution in [0.3, 0.4) is 0 Å². The molecule has 148 valence electrons. The molecule has 0 aromatic heterocycles. The average molecular weight is 387 g/mol. The third-order valence-corrected chi connectivity index (χ3v) is 6.13. The Labute approximate surface area is 172 Å². The summed E-state index contributed by atoms with van der Waals surface area (Å²) in [5.74, 6) is 1.74. The summed E-state index contributed by atoms with van der Waals surface area (Å²) in [5, 5.41) is 2.46. The average Bonchev–Trinajstić information content (AvgIpc) is 3.12. The fourth-order valence-electron chi connectivity index (χ4n) is 4.87. The molecule has 0 bridgehead atoms. The maximum Gasteiger partial charge on any atom is 0.161 e. The van der Waals surface area contributed by atoms with Crippen LogP contribution in [0.1, 0.15) is 47.7 Å². The molecule has 3 aromatic rings. The molecule has 0 amide bonds. The van der Waals surface area contributed by atoms with Crippen LogP contribution in [0.25, 0.3) is 11.1 Å². The summed E-state index contributed by atoms with van der Waals surface area (Å²) in [5.41, 5.74) is 9.79. The predicted molar refractivity (Wildman–Crippen MR) is 116 cm³/mol. The number of hydrogen-bond donors (Lipinski definition) is 1. The summed E-state index contributed by atoms with van der Waals surface area (Å²) in [4.78, 5) is 0. The van der Waals surface area contributed by atoms with Gasteiger partial charge in [0.05, 0.1) is 19.8 Å². The van der Waals surface area contributed by atoms with Gasteiger partial charge < -0.3 is 14.8 Å². The number of ether oxygens (including phenoxy) is 2. The number of nitrogens with two attached hydrogens (primary N) is 1. The standard InChI is InChI=1S/C26H27NO2/c1-3-28-24-15-18-11-12-27-26(23(18)16-25(24)29-4-2)19-9-10-22-20(14-19)13-17-7-5-6-8-21(17)22/h5-10,14-16,26-27H,3-4,11-13H2,1-2H3/p+1/t26-/m1/s1. The zero-order valence-electron chi connectivity index (χ0n) is 17.2. The first-order valence-corrected chi connectivity index (χ1v) is 10.7. The minimum atomic E-state index is 0.308.